The van der Waals surface area contributed by atoms with Crippen molar-refractivity contribution in [2.24, 2.45) is 0 Å². The van der Waals surface area contributed by atoms with E-state index in [0.29, 0.717) is 11.5 Å². The molecule has 2 N–H and O–H groups in total. The van der Waals surface area contributed by atoms with Gasteiger partial charge >= 0.3 is 0 Å². The second-order valence-corrected chi connectivity index (χ2v) is 10.3. The standard InChI is InChI=1S/C25H25N5OS/c1-25(2,3)32-20-15-14-19(18-12-8-5-9-13-18)22(24-27-29-30-28-24)23(20)26-21(31)16-17-10-6-4-7-11-17/h4-15H,16H2,1-3H3,(H,26,31)(H,27,28,29,30). The van der Waals surface area contributed by atoms with Crippen LogP contribution in [0.4, 0.5) is 5.69 Å². The van der Waals surface area contributed by atoms with E-state index in [0.717, 1.165) is 27.1 Å². The van der Waals surface area contributed by atoms with Gasteiger partial charge in [-0.05, 0) is 28.0 Å². The van der Waals surface area contributed by atoms with E-state index < -0.39 is 0 Å². The van der Waals surface area contributed by atoms with E-state index in [1.54, 1.807) is 11.8 Å². The topological polar surface area (TPSA) is 83.6 Å². The summed E-state index contributed by atoms with van der Waals surface area (Å²) in [6.45, 7) is 6.44. The molecule has 162 valence electrons. The number of H-pyrrole nitrogens is 1. The Hall–Kier alpha value is -3.45. The Labute approximate surface area is 191 Å². The lowest BCUT2D eigenvalue weighted by atomic mass is 9.97. The normalized spacial score (nSPS) is 11.3. The van der Waals surface area contributed by atoms with Crippen LogP contribution in [0.2, 0.25) is 0 Å². The maximum absolute atomic E-state index is 13.1. The summed E-state index contributed by atoms with van der Waals surface area (Å²) in [6.07, 6.45) is 0.279. The molecule has 1 amide bonds. The van der Waals surface area contributed by atoms with Crippen molar-refractivity contribution < 1.29 is 4.79 Å². The SMILES string of the molecule is CC(C)(C)Sc1ccc(-c2ccccc2)c(-c2nn[nH]n2)c1NC(=O)Cc1ccccc1. The number of thioether (sulfide) groups is 1. The summed E-state index contributed by atoms with van der Waals surface area (Å²) in [6, 6.07) is 23.8. The second-order valence-electron chi connectivity index (χ2n) is 8.39. The zero-order chi connectivity index (χ0) is 22.6. The molecule has 0 aliphatic carbocycles. The zero-order valence-corrected chi connectivity index (χ0v) is 19.1. The molecule has 0 aliphatic rings. The highest BCUT2D eigenvalue weighted by molar-refractivity contribution is 8.00. The summed E-state index contributed by atoms with van der Waals surface area (Å²) in [7, 11) is 0. The summed E-state index contributed by atoms with van der Waals surface area (Å²) in [4.78, 5) is 14.0. The highest BCUT2D eigenvalue weighted by Crippen LogP contribution is 2.45. The zero-order valence-electron chi connectivity index (χ0n) is 18.3. The molecule has 0 unspecified atom stereocenters. The highest BCUT2D eigenvalue weighted by atomic mass is 32.2. The maximum Gasteiger partial charge on any atom is 0.228 e. The number of nitrogens with zero attached hydrogens (tertiary/aromatic N) is 3. The molecule has 32 heavy (non-hydrogen) atoms. The van der Waals surface area contributed by atoms with Gasteiger partial charge in [0, 0.05) is 9.64 Å². The van der Waals surface area contributed by atoms with E-state index in [1.165, 1.54) is 0 Å². The number of hydrogen-bond acceptors (Lipinski definition) is 5. The molecule has 7 heteroatoms. The van der Waals surface area contributed by atoms with Crippen molar-refractivity contribution in [3.8, 4) is 22.5 Å². The van der Waals surface area contributed by atoms with Gasteiger partial charge in [0.15, 0.2) is 0 Å². The molecule has 0 saturated heterocycles. The first-order valence-corrected chi connectivity index (χ1v) is 11.2. The van der Waals surface area contributed by atoms with Crippen LogP contribution in [0.1, 0.15) is 26.3 Å². The van der Waals surface area contributed by atoms with Gasteiger partial charge in [-0.1, -0.05) is 87.5 Å². The summed E-state index contributed by atoms with van der Waals surface area (Å²) < 4.78 is -0.0539. The third kappa shape index (κ3) is 5.23. The average molecular weight is 444 g/mol. The first-order chi connectivity index (χ1) is 15.4. The number of rotatable bonds is 6. The average Bonchev–Trinajstić information content (AvgIpc) is 3.29. The van der Waals surface area contributed by atoms with Crippen molar-refractivity contribution in [2.45, 2.75) is 36.8 Å². The van der Waals surface area contributed by atoms with E-state index in [2.05, 4.69) is 58.8 Å². The molecule has 1 heterocycles. The number of amides is 1. The fourth-order valence-corrected chi connectivity index (χ4v) is 4.50. The van der Waals surface area contributed by atoms with Gasteiger partial charge in [0.1, 0.15) is 0 Å². The lowest BCUT2D eigenvalue weighted by Gasteiger charge is -2.23. The van der Waals surface area contributed by atoms with Gasteiger partial charge in [0.2, 0.25) is 11.7 Å². The van der Waals surface area contributed by atoms with Crippen LogP contribution < -0.4 is 5.32 Å². The quantitative estimate of drug-likeness (QED) is 0.379. The third-order valence-corrected chi connectivity index (χ3v) is 5.88. The van der Waals surface area contributed by atoms with Gasteiger partial charge in [0.25, 0.3) is 0 Å². The molecular weight excluding hydrogens is 418 g/mol. The highest BCUT2D eigenvalue weighted by Gasteiger charge is 2.24. The molecule has 0 atom stereocenters. The molecule has 1 aromatic heterocycles. The van der Waals surface area contributed by atoms with E-state index in [-0.39, 0.29) is 17.1 Å². The first-order valence-electron chi connectivity index (χ1n) is 10.4. The number of tetrazole rings is 1. The van der Waals surface area contributed by atoms with Crippen LogP contribution >= 0.6 is 11.8 Å². The Kier molecular flexibility index (Phi) is 6.37. The van der Waals surface area contributed by atoms with Gasteiger partial charge in [0.05, 0.1) is 17.7 Å². The van der Waals surface area contributed by atoms with Crippen LogP contribution in [-0.4, -0.2) is 31.3 Å². The Morgan fingerprint density at radius 2 is 1.66 bits per heavy atom. The number of nitrogens with one attached hydrogen (secondary N) is 2. The summed E-state index contributed by atoms with van der Waals surface area (Å²) >= 11 is 1.69. The molecule has 0 bridgehead atoms. The van der Waals surface area contributed by atoms with Gasteiger partial charge in [-0.3, -0.25) is 4.79 Å². The predicted octanol–water partition coefficient (Wildman–Crippen LogP) is 5.61. The smallest absolute Gasteiger partial charge is 0.228 e. The summed E-state index contributed by atoms with van der Waals surface area (Å²) in [5.41, 5.74) is 4.35. The second kappa shape index (κ2) is 9.36. The van der Waals surface area contributed by atoms with Gasteiger partial charge < -0.3 is 5.32 Å². The largest absolute Gasteiger partial charge is 0.324 e. The van der Waals surface area contributed by atoms with E-state index in [1.807, 2.05) is 60.7 Å². The number of hydrogen-bond donors (Lipinski definition) is 2. The fourth-order valence-electron chi connectivity index (χ4n) is 3.45. The molecule has 4 rings (SSSR count). The number of anilines is 1. The van der Waals surface area contributed by atoms with Crippen molar-refractivity contribution in [1.29, 1.82) is 0 Å². The van der Waals surface area contributed by atoms with E-state index >= 15 is 0 Å². The number of carbonyl (C=O) groups is 1. The van der Waals surface area contributed by atoms with Crippen molar-refractivity contribution in [3.05, 3.63) is 78.4 Å². The molecule has 0 saturated carbocycles. The number of aromatic nitrogens is 4. The minimum Gasteiger partial charge on any atom is -0.324 e. The van der Waals surface area contributed by atoms with Crippen molar-refractivity contribution in [1.82, 2.24) is 20.6 Å². The van der Waals surface area contributed by atoms with Crippen LogP contribution in [-0.2, 0) is 11.2 Å². The monoisotopic (exact) mass is 443 g/mol. The first kappa shape index (κ1) is 21.8. The molecule has 6 nitrogen and oxygen atoms in total. The molecule has 0 spiro atoms. The maximum atomic E-state index is 13.1. The Balaban J connectivity index is 1.84. The van der Waals surface area contributed by atoms with E-state index in [4.69, 9.17) is 0 Å². The Morgan fingerprint density at radius 1 is 0.969 bits per heavy atom. The van der Waals surface area contributed by atoms with Crippen molar-refractivity contribution in [2.75, 3.05) is 5.32 Å². The fraction of sp³-hybridized carbons (Fsp3) is 0.200. The molecule has 0 fully saturated rings. The minimum atomic E-state index is -0.0954. The molecule has 0 aliphatic heterocycles. The number of aromatic amines is 1. The third-order valence-electron chi connectivity index (χ3n) is 4.71. The van der Waals surface area contributed by atoms with Crippen LogP contribution in [0, 0.1) is 0 Å². The molecule has 3 aromatic carbocycles. The minimum absolute atomic E-state index is 0.0539. The molecule has 0 radical (unpaired) electrons. The lowest BCUT2D eigenvalue weighted by molar-refractivity contribution is -0.115. The Morgan fingerprint density at radius 3 is 2.28 bits per heavy atom. The van der Waals surface area contributed by atoms with Crippen LogP contribution in [0.15, 0.2) is 77.7 Å². The number of carbonyl (C=O) groups excluding carboxylic acids is 1. The van der Waals surface area contributed by atoms with Crippen molar-refractivity contribution >= 4 is 23.4 Å². The van der Waals surface area contributed by atoms with Crippen LogP contribution in [0.25, 0.3) is 22.5 Å². The Bertz CT molecular complexity index is 1190. The van der Waals surface area contributed by atoms with Gasteiger partial charge in [-0.15, -0.1) is 22.0 Å². The predicted molar refractivity (Wildman–Crippen MR) is 129 cm³/mol. The molecular formula is C25H25N5OS. The lowest BCUT2D eigenvalue weighted by Crippen LogP contribution is -2.17. The van der Waals surface area contributed by atoms with Gasteiger partial charge in [-0.25, -0.2) is 0 Å². The number of benzene rings is 3. The molecule has 4 aromatic rings. The summed E-state index contributed by atoms with van der Waals surface area (Å²) in [5.74, 6) is 0.345. The van der Waals surface area contributed by atoms with E-state index in [9.17, 15) is 4.79 Å². The van der Waals surface area contributed by atoms with Crippen LogP contribution in [0.3, 0.4) is 0 Å². The van der Waals surface area contributed by atoms with Gasteiger partial charge in [-0.2, -0.15) is 5.21 Å². The van der Waals surface area contributed by atoms with Crippen molar-refractivity contribution in [3.63, 3.8) is 0 Å². The van der Waals surface area contributed by atoms with Crippen LogP contribution in [0.5, 0.6) is 0 Å². The summed E-state index contributed by atoms with van der Waals surface area (Å²) in [5, 5.41) is 18.0.